The van der Waals surface area contributed by atoms with Crippen molar-refractivity contribution in [1.29, 1.82) is 0 Å². The Morgan fingerprint density at radius 3 is 2.47 bits per heavy atom. The summed E-state index contributed by atoms with van der Waals surface area (Å²) in [7, 11) is 1.51. The molecule has 1 rings (SSSR count). The number of carbonyl (C=O) groups is 1. The van der Waals surface area contributed by atoms with Gasteiger partial charge in [-0.2, -0.15) is 0 Å². The molecule has 3 nitrogen and oxygen atoms in total. The summed E-state index contributed by atoms with van der Waals surface area (Å²) in [6.45, 7) is 5.75. The number of rotatable bonds is 4. The lowest BCUT2D eigenvalue weighted by Gasteiger charge is -2.16. The Kier molecular flexibility index (Phi) is 4.16. The summed E-state index contributed by atoms with van der Waals surface area (Å²) in [6, 6.07) is 5.23. The number of hydrogen-bond acceptors (Lipinski definition) is 3. The van der Waals surface area contributed by atoms with Crippen LogP contribution in [0.25, 0.3) is 0 Å². The van der Waals surface area contributed by atoms with Crippen molar-refractivity contribution in [3.63, 3.8) is 0 Å². The van der Waals surface area contributed by atoms with Gasteiger partial charge in [0.15, 0.2) is 11.5 Å². The number of Topliss-reactive ketones (excluding diaryl/α,β-unsaturated/α-hetero) is 1. The van der Waals surface area contributed by atoms with E-state index in [9.17, 15) is 9.90 Å². The molecule has 94 valence electrons. The summed E-state index contributed by atoms with van der Waals surface area (Å²) < 4.78 is 4.96. The molecule has 0 radical (unpaired) electrons. The van der Waals surface area contributed by atoms with Gasteiger partial charge in [0.1, 0.15) is 5.78 Å². The molecule has 0 fully saturated rings. The summed E-state index contributed by atoms with van der Waals surface area (Å²) in [4.78, 5) is 11.8. The van der Waals surface area contributed by atoms with Gasteiger partial charge in [-0.3, -0.25) is 4.79 Å². The fraction of sp³-hybridized carbons (Fsp3) is 0.500. The summed E-state index contributed by atoms with van der Waals surface area (Å²) >= 11 is 0. The molecule has 0 spiro atoms. The van der Waals surface area contributed by atoms with Gasteiger partial charge in [-0.15, -0.1) is 0 Å². The summed E-state index contributed by atoms with van der Waals surface area (Å²) in [6.07, 6.45) is 1.14. The van der Waals surface area contributed by atoms with Crippen LogP contribution in [-0.2, 0) is 11.2 Å². The third-order valence-corrected chi connectivity index (χ3v) is 2.72. The second-order valence-electron chi connectivity index (χ2n) is 5.18. The average molecular weight is 236 g/mol. The number of benzene rings is 1. The summed E-state index contributed by atoms with van der Waals surface area (Å²) in [5.41, 5.74) is 0.648. The van der Waals surface area contributed by atoms with Crippen molar-refractivity contribution >= 4 is 5.78 Å². The number of phenols is 1. The topological polar surface area (TPSA) is 46.5 Å². The molecule has 0 unspecified atom stereocenters. The van der Waals surface area contributed by atoms with Crippen LogP contribution >= 0.6 is 0 Å². The van der Waals surface area contributed by atoms with E-state index in [2.05, 4.69) is 0 Å². The molecule has 0 bridgehead atoms. The number of carbonyl (C=O) groups excluding carboxylic acids is 1. The molecule has 0 heterocycles. The third kappa shape index (κ3) is 3.77. The van der Waals surface area contributed by atoms with E-state index < -0.39 is 0 Å². The molecule has 0 saturated carbocycles. The van der Waals surface area contributed by atoms with Crippen molar-refractivity contribution in [2.24, 2.45) is 5.41 Å². The first-order chi connectivity index (χ1) is 7.84. The molecule has 1 aromatic rings. The molecular weight excluding hydrogens is 216 g/mol. The SMILES string of the molecule is COc1ccc(CCC(=O)C(C)(C)C)cc1O. The highest BCUT2D eigenvalue weighted by atomic mass is 16.5. The second-order valence-corrected chi connectivity index (χ2v) is 5.18. The van der Waals surface area contributed by atoms with Gasteiger partial charge in [0.2, 0.25) is 0 Å². The third-order valence-electron chi connectivity index (χ3n) is 2.72. The van der Waals surface area contributed by atoms with E-state index in [1.54, 1.807) is 12.1 Å². The number of phenolic OH excluding ortho intramolecular Hbond substituents is 1. The smallest absolute Gasteiger partial charge is 0.160 e. The highest BCUT2D eigenvalue weighted by molar-refractivity contribution is 5.83. The number of ketones is 1. The molecule has 1 aromatic carbocycles. The van der Waals surface area contributed by atoms with E-state index in [-0.39, 0.29) is 16.9 Å². The molecule has 0 aromatic heterocycles. The number of aryl methyl sites for hydroxylation is 1. The zero-order valence-corrected chi connectivity index (χ0v) is 10.9. The highest BCUT2D eigenvalue weighted by Crippen LogP contribution is 2.27. The molecule has 1 N–H and O–H groups in total. The minimum atomic E-state index is -0.297. The van der Waals surface area contributed by atoms with Crippen molar-refractivity contribution in [3.8, 4) is 11.5 Å². The second kappa shape index (κ2) is 5.21. The predicted octanol–water partition coefficient (Wildman–Crippen LogP) is 2.95. The monoisotopic (exact) mass is 236 g/mol. The van der Waals surface area contributed by atoms with Crippen LogP contribution in [0, 0.1) is 5.41 Å². The van der Waals surface area contributed by atoms with Crippen LogP contribution in [0.1, 0.15) is 32.8 Å². The molecule has 3 heteroatoms. The molecule has 0 aliphatic rings. The van der Waals surface area contributed by atoms with Crippen LogP contribution in [-0.4, -0.2) is 18.0 Å². The van der Waals surface area contributed by atoms with E-state index in [1.807, 2.05) is 26.8 Å². The van der Waals surface area contributed by atoms with E-state index in [4.69, 9.17) is 4.74 Å². The van der Waals surface area contributed by atoms with Crippen molar-refractivity contribution in [1.82, 2.24) is 0 Å². The fourth-order valence-electron chi connectivity index (χ4n) is 1.52. The number of aromatic hydroxyl groups is 1. The molecule has 0 amide bonds. The Bertz CT molecular complexity index is 402. The summed E-state index contributed by atoms with van der Waals surface area (Å²) in [5.74, 6) is 0.803. The van der Waals surface area contributed by atoms with Crippen LogP contribution in [0.4, 0.5) is 0 Å². The maximum absolute atomic E-state index is 11.8. The zero-order chi connectivity index (χ0) is 13.1. The van der Waals surface area contributed by atoms with Gasteiger partial charge in [-0.1, -0.05) is 26.8 Å². The van der Waals surface area contributed by atoms with Crippen LogP contribution < -0.4 is 4.74 Å². The Morgan fingerprint density at radius 1 is 1.35 bits per heavy atom. The van der Waals surface area contributed by atoms with Gasteiger partial charge >= 0.3 is 0 Å². The Balaban J connectivity index is 2.65. The van der Waals surface area contributed by atoms with Crippen LogP contribution in [0.5, 0.6) is 11.5 Å². The minimum Gasteiger partial charge on any atom is -0.504 e. The van der Waals surface area contributed by atoms with E-state index in [0.717, 1.165) is 5.56 Å². The van der Waals surface area contributed by atoms with Crippen LogP contribution in [0.2, 0.25) is 0 Å². The van der Waals surface area contributed by atoms with Crippen molar-refractivity contribution in [3.05, 3.63) is 23.8 Å². The van der Waals surface area contributed by atoms with Gasteiger partial charge in [0.25, 0.3) is 0 Å². The average Bonchev–Trinajstić information content (AvgIpc) is 2.24. The van der Waals surface area contributed by atoms with E-state index >= 15 is 0 Å². The Morgan fingerprint density at radius 2 is 2.00 bits per heavy atom. The highest BCUT2D eigenvalue weighted by Gasteiger charge is 2.20. The first-order valence-electron chi connectivity index (χ1n) is 5.74. The van der Waals surface area contributed by atoms with Crippen LogP contribution in [0.3, 0.4) is 0 Å². The van der Waals surface area contributed by atoms with E-state index in [0.29, 0.717) is 18.6 Å². The molecular formula is C14H20O3. The first-order valence-corrected chi connectivity index (χ1v) is 5.74. The van der Waals surface area contributed by atoms with Gasteiger partial charge in [0, 0.05) is 11.8 Å². The number of ether oxygens (including phenoxy) is 1. The largest absolute Gasteiger partial charge is 0.504 e. The standard InChI is InChI=1S/C14H20O3/c1-14(2,3)13(16)8-6-10-5-7-12(17-4)11(15)9-10/h5,7,9,15H,6,8H2,1-4H3. The lowest BCUT2D eigenvalue weighted by molar-refractivity contribution is -0.126. The van der Waals surface area contributed by atoms with Crippen molar-refractivity contribution in [2.75, 3.05) is 7.11 Å². The summed E-state index contributed by atoms with van der Waals surface area (Å²) in [5, 5.41) is 9.61. The quantitative estimate of drug-likeness (QED) is 0.874. The minimum absolute atomic E-state index is 0.119. The molecule has 0 aliphatic heterocycles. The molecule has 17 heavy (non-hydrogen) atoms. The first kappa shape index (κ1) is 13.6. The van der Waals surface area contributed by atoms with Crippen LogP contribution in [0.15, 0.2) is 18.2 Å². The number of methoxy groups -OCH3 is 1. The van der Waals surface area contributed by atoms with Gasteiger partial charge < -0.3 is 9.84 Å². The van der Waals surface area contributed by atoms with Gasteiger partial charge in [-0.05, 0) is 24.1 Å². The lowest BCUT2D eigenvalue weighted by atomic mass is 9.87. The maximum Gasteiger partial charge on any atom is 0.160 e. The Hall–Kier alpha value is -1.51. The number of hydrogen-bond donors (Lipinski definition) is 1. The van der Waals surface area contributed by atoms with Gasteiger partial charge in [0.05, 0.1) is 7.11 Å². The maximum atomic E-state index is 11.8. The normalized spacial score (nSPS) is 11.3. The van der Waals surface area contributed by atoms with Crippen molar-refractivity contribution in [2.45, 2.75) is 33.6 Å². The predicted molar refractivity (Wildman–Crippen MR) is 67.4 cm³/mol. The van der Waals surface area contributed by atoms with Gasteiger partial charge in [-0.25, -0.2) is 0 Å². The molecule has 0 aliphatic carbocycles. The molecule has 0 saturated heterocycles. The zero-order valence-electron chi connectivity index (χ0n) is 10.9. The van der Waals surface area contributed by atoms with E-state index in [1.165, 1.54) is 7.11 Å². The van der Waals surface area contributed by atoms with Crippen molar-refractivity contribution < 1.29 is 14.6 Å². The Labute approximate surface area is 102 Å². The lowest BCUT2D eigenvalue weighted by Crippen LogP contribution is -2.20. The molecule has 0 atom stereocenters. The fourth-order valence-corrected chi connectivity index (χ4v) is 1.52.